The third-order valence-corrected chi connectivity index (χ3v) is 7.25. The van der Waals surface area contributed by atoms with Crippen LogP contribution in [0.3, 0.4) is 0 Å². The van der Waals surface area contributed by atoms with Gasteiger partial charge in [0, 0.05) is 13.7 Å². The molecule has 186 valence electrons. The molecule has 1 aromatic carbocycles. The van der Waals surface area contributed by atoms with E-state index < -0.39 is 5.97 Å². The number of esters is 1. The van der Waals surface area contributed by atoms with Crippen molar-refractivity contribution in [1.29, 1.82) is 0 Å². The number of aliphatic hydroxyl groups is 1. The standard InChI is InChI=1S/C29H46O4/c1-4-5-6-9-24-12-14-26(15-13-24)28-18-16-27(17-19-28)25(10-7-20-32-3)11-8-21-33-29(31)23(2)22-30/h16-19,24-26,30H,2,4-15,20-22H2,1,3H3. The van der Waals surface area contributed by atoms with Gasteiger partial charge in [0.1, 0.15) is 0 Å². The molecular weight excluding hydrogens is 412 g/mol. The van der Waals surface area contributed by atoms with Crippen LogP contribution in [0, 0.1) is 5.92 Å². The van der Waals surface area contributed by atoms with Gasteiger partial charge in [0.2, 0.25) is 0 Å². The molecule has 0 bridgehead atoms. The smallest absolute Gasteiger partial charge is 0.335 e. The number of hydrogen-bond donors (Lipinski definition) is 1. The maximum atomic E-state index is 11.7. The second-order valence-electron chi connectivity index (χ2n) is 9.75. The van der Waals surface area contributed by atoms with Gasteiger partial charge in [-0.15, -0.1) is 0 Å². The minimum atomic E-state index is -0.502. The maximum Gasteiger partial charge on any atom is 0.335 e. The quantitative estimate of drug-likeness (QED) is 0.166. The van der Waals surface area contributed by atoms with E-state index in [4.69, 9.17) is 14.6 Å². The molecule has 0 spiro atoms. The monoisotopic (exact) mass is 458 g/mol. The predicted molar refractivity (Wildman–Crippen MR) is 136 cm³/mol. The van der Waals surface area contributed by atoms with Crippen LogP contribution in [0.25, 0.3) is 0 Å². The minimum Gasteiger partial charge on any atom is -0.462 e. The SMILES string of the molecule is C=C(CO)C(=O)OCCCC(CCCOC)c1ccc(C2CCC(CCCCC)CC2)cc1. The number of methoxy groups -OCH3 is 1. The maximum absolute atomic E-state index is 11.7. The van der Waals surface area contributed by atoms with Crippen molar-refractivity contribution in [2.75, 3.05) is 26.9 Å². The molecular formula is C29H46O4. The molecule has 4 nitrogen and oxygen atoms in total. The van der Waals surface area contributed by atoms with Gasteiger partial charge in [0.05, 0.1) is 18.8 Å². The molecule has 4 heteroatoms. The molecule has 0 amide bonds. The summed E-state index contributed by atoms with van der Waals surface area (Å²) in [4.78, 5) is 11.7. The summed E-state index contributed by atoms with van der Waals surface area (Å²) in [7, 11) is 1.75. The van der Waals surface area contributed by atoms with Gasteiger partial charge in [-0.1, -0.05) is 63.5 Å². The molecule has 0 radical (unpaired) electrons. The van der Waals surface area contributed by atoms with E-state index in [1.807, 2.05) is 0 Å². The summed E-state index contributed by atoms with van der Waals surface area (Å²) in [6.45, 7) is 6.57. The van der Waals surface area contributed by atoms with Gasteiger partial charge in [0.25, 0.3) is 0 Å². The van der Waals surface area contributed by atoms with Crippen LogP contribution in [0.4, 0.5) is 0 Å². The third kappa shape index (κ3) is 10.0. The molecule has 1 aliphatic rings. The zero-order chi connectivity index (χ0) is 23.9. The number of unbranched alkanes of at least 4 members (excludes halogenated alkanes) is 2. The van der Waals surface area contributed by atoms with Crippen molar-refractivity contribution in [2.45, 2.75) is 95.8 Å². The highest BCUT2D eigenvalue weighted by atomic mass is 16.5. The van der Waals surface area contributed by atoms with Gasteiger partial charge in [-0.2, -0.15) is 0 Å². The molecule has 1 unspecified atom stereocenters. The van der Waals surface area contributed by atoms with E-state index in [0.29, 0.717) is 18.4 Å². The van der Waals surface area contributed by atoms with Gasteiger partial charge in [-0.25, -0.2) is 4.79 Å². The average molecular weight is 459 g/mol. The van der Waals surface area contributed by atoms with Crippen LogP contribution in [0.2, 0.25) is 0 Å². The lowest BCUT2D eigenvalue weighted by atomic mass is 9.76. The van der Waals surface area contributed by atoms with Crippen molar-refractivity contribution in [2.24, 2.45) is 5.92 Å². The Morgan fingerprint density at radius 3 is 2.30 bits per heavy atom. The van der Waals surface area contributed by atoms with Crippen molar-refractivity contribution in [3.63, 3.8) is 0 Å². The highest BCUT2D eigenvalue weighted by Gasteiger charge is 2.22. The topological polar surface area (TPSA) is 55.8 Å². The van der Waals surface area contributed by atoms with Gasteiger partial charge < -0.3 is 14.6 Å². The van der Waals surface area contributed by atoms with Crippen molar-refractivity contribution in [3.8, 4) is 0 Å². The first kappa shape index (κ1) is 27.6. The Morgan fingerprint density at radius 1 is 1.03 bits per heavy atom. The first-order valence-corrected chi connectivity index (χ1v) is 13.1. The Morgan fingerprint density at radius 2 is 1.70 bits per heavy atom. The molecule has 1 atom stereocenters. The zero-order valence-corrected chi connectivity index (χ0v) is 21.0. The van der Waals surface area contributed by atoms with Crippen molar-refractivity contribution >= 4 is 5.97 Å². The second-order valence-corrected chi connectivity index (χ2v) is 9.75. The summed E-state index contributed by atoms with van der Waals surface area (Å²) in [5, 5.41) is 8.98. The van der Waals surface area contributed by atoms with Gasteiger partial charge in [-0.3, -0.25) is 0 Å². The number of benzene rings is 1. The van der Waals surface area contributed by atoms with Gasteiger partial charge >= 0.3 is 5.97 Å². The van der Waals surface area contributed by atoms with Crippen molar-refractivity contribution in [1.82, 2.24) is 0 Å². The fraction of sp³-hybridized carbons (Fsp3) is 0.690. The number of rotatable bonds is 16. The van der Waals surface area contributed by atoms with Crippen LogP contribution in [-0.2, 0) is 14.3 Å². The molecule has 1 saturated carbocycles. The molecule has 0 aromatic heterocycles. The molecule has 0 saturated heterocycles. The van der Waals surface area contributed by atoms with E-state index >= 15 is 0 Å². The highest BCUT2D eigenvalue weighted by Crippen LogP contribution is 2.38. The zero-order valence-electron chi connectivity index (χ0n) is 21.0. The van der Waals surface area contributed by atoms with Crippen molar-refractivity contribution < 1.29 is 19.4 Å². The lowest BCUT2D eigenvalue weighted by molar-refractivity contribution is -0.139. The Bertz CT molecular complexity index is 673. The Balaban J connectivity index is 1.86. The van der Waals surface area contributed by atoms with Crippen LogP contribution in [0.1, 0.15) is 107 Å². The predicted octanol–water partition coefficient (Wildman–Crippen LogP) is 6.92. The number of ether oxygens (including phenoxy) is 2. The summed E-state index contributed by atoms with van der Waals surface area (Å²) in [5.41, 5.74) is 2.98. The van der Waals surface area contributed by atoms with E-state index in [9.17, 15) is 4.79 Å². The van der Waals surface area contributed by atoms with Crippen LogP contribution < -0.4 is 0 Å². The Hall–Kier alpha value is -1.65. The normalized spacial score (nSPS) is 19.2. The molecule has 1 N–H and O–H groups in total. The van der Waals surface area contributed by atoms with Crippen molar-refractivity contribution in [3.05, 3.63) is 47.5 Å². The summed E-state index contributed by atoms with van der Waals surface area (Å²) in [6, 6.07) is 9.34. The van der Waals surface area contributed by atoms with E-state index in [0.717, 1.165) is 38.2 Å². The van der Waals surface area contributed by atoms with Gasteiger partial charge in [-0.05, 0) is 80.2 Å². The fourth-order valence-electron chi connectivity index (χ4n) is 5.12. The summed E-state index contributed by atoms with van der Waals surface area (Å²) in [5.74, 6) is 1.59. The molecule has 2 rings (SSSR count). The van der Waals surface area contributed by atoms with Gasteiger partial charge in [0.15, 0.2) is 0 Å². The van der Waals surface area contributed by atoms with E-state index in [1.165, 1.54) is 62.5 Å². The summed E-state index contributed by atoms with van der Waals surface area (Å²) >= 11 is 0. The molecule has 0 aliphatic heterocycles. The summed E-state index contributed by atoms with van der Waals surface area (Å²) in [6.07, 6.45) is 14.8. The van der Waals surface area contributed by atoms with Crippen LogP contribution in [0.5, 0.6) is 0 Å². The second kappa shape index (κ2) is 16.1. The van der Waals surface area contributed by atoms with Crippen LogP contribution >= 0.6 is 0 Å². The average Bonchev–Trinajstić information content (AvgIpc) is 2.85. The first-order chi connectivity index (χ1) is 16.1. The Labute approximate surface area is 201 Å². The largest absolute Gasteiger partial charge is 0.462 e. The highest BCUT2D eigenvalue weighted by molar-refractivity contribution is 5.87. The van der Waals surface area contributed by atoms with Crippen LogP contribution in [-0.4, -0.2) is 38.0 Å². The first-order valence-electron chi connectivity index (χ1n) is 13.1. The lowest BCUT2D eigenvalue weighted by Gasteiger charge is -2.29. The third-order valence-electron chi connectivity index (χ3n) is 7.25. The molecule has 1 aliphatic carbocycles. The van der Waals surface area contributed by atoms with E-state index in [-0.39, 0.29) is 12.2 Å². The molecule has 0 heterocycles. The number of aliphatic hydroxyl groups excluding tert-OH is 1. The van der Waals surface area contributed by atoms with Crippen LogP contribution in [0.15, 0.2) is 36.4 Å². The number of carbonyl (C=O) groups excluding carboxylic acids is 1. The number of hydrogen-bond acceptors (Lipinski definition) is 4. The fourth-order valence-corrected chi connectivity index (χ4v) is 5.12. The number of carbonyl (C=O) groups is 1. The molecule has 1 aromatic rings. The Kier molecular flexibility index (Phi) is 13.4. The van der Waals surface area contributed by atoms with E-state index in [1.54, 1.807) is 7.11 Å². The molecule has 33 heavy (non-hydrogen) atoms. The molecule has 1 fully saturated rings. The minimum absolute atomic E-state index is 0.109. The summed E-state index contributed by atoms with van der Waals surface area (Å²) < 4.78 is 10.5. The van der Waals surface area contributed by atoms with E-state index in [2.05, 4.69) is 37.8 Å². The lowest BCUT2D eigenvalue weighted by Crippen LogP contribution is -2.13.